The van der Waals surface area contributed by atoms with E-state index in [2.05, 4.69) is 70.2 Å². The Bertz CT molecular complexity index is 625. The molecule has 1 aliphatic heterocycles. The van der Waals surface area contributed by atoms with Crippen molar-refractivity contribution in [2.24, 2.45) is 0 Å². The number of benzene rings is 1. The quantitative estimate of drug-likeness (QED) is 0.332. The lowest BCUT2D eigenvalue weighted by Gasteiger charge is -2.59. The largest absolute Gasteiger partial charge is 0.346 e. The van der Waals surface area contributed by atoms with Crippen molar-refractivity contribution in [2.75, 3.05) is 19.8 Å². The summed E-state index contributed by atoms with van der Waals surface area (Å²) in [6.07, 6.45) is 7.84. The molecule has 0 atom stereocenters. The second-order valence-corrected chi connectivity index (χ2v) is 8.57. The molecule has 1 heterocycles. The maximum Gasteiger partial charge on any atom is 0.172 e. The molecular formula is C25H39NO3. The number of hydrogen-bond acceptors (Lipinski definition) is 4. The molecule has 0 bridgehead atoms. The van der Waals surface area contributed by atoms with Crippen LogP contribution in [0.25, 0.3) is 0 Å². The van der Waals surface area contributed by atoms with Crippen LogP contribution in [0, 0.1) is 0 Å². The minimum atomic E-state index is -0.669. The molecule has 1 saturated heterocycles. The van der Waals surface area contributed by atoms with E-state index in [0.717, 1.165) is 32.1 Å². The summed E-state index contributed by atoms with van der Waals surface area (Å²) in [6.45, 7) is 18.1. The van der Waals surface area contributed by atoms with Crippen molar-refractivity contribution in [2.45, 2.75) is 76.7 Å². The fourth-order valence-corrected chi connectivity index (χ4v) is 4.67. The van der Waals surface area contributed by atoms with Gasteiger partial charge in [-0.2, -0.15) is 5.06 Å². The third-order valence-electron chi connectivity index (χ3n) is 5.98. The van der Waals surface area contributed by atoms with Gasteiger partial charge in [0, 0.05) is 18.4 Å². The van der Waals surface area contributed by atoms with Crippen LogP contribution in [0.2, 0.25) is 0 Å². The van der Waals surface area contributed by atoms with Crippen molar-refractivity contribution in [3.8, 4) is 0 Å². The highest BCUT2D eigenvalue weighted by molar-refractivity contribution is 5.14. The van der Waals surface area contributed by atoms with Gasteiger partial charge < -0.3 is 9.47 Å². The Morgan fingerprint density at radius 3 is 2.07 bits per heavy atom. The SMILES string of the molecule is C=CCOC1(OCC=C)CC(C)(C)N(OCCc2ccccc2)C(CC)(CC)C1. The molecule has 0 saturated carbocycles. The molecule has 0 aromatic heterocycles. The molecule has 0 unspecified atom stereocenters. The average molecular weight is 402 g/mol. The monoisotopic (exact) mass is 401 g/mol. The van der Waals surface area contributed by atoms with Crippen LogP contribution in [0.15, 0.2) is 55.6 Å². The maximum atomic E-state index is 6.48. The molecule has 162 valence electrons. The van der Waals surface area contributed by atoms with Crippen LogP contribution in [0.1, 0.15) is 58.9 Å². The first kappa shape index (κ1) is 23.8. The Labute approximate surface area is 177 Å². The van der Waals surface area contributed by atoms with E-state index in [1.807, 2.05) is 6.07 Å². The van der Waals surface area contributed by atoms with Gasteiger partial charge >= 0.3 is 0 Å². The Morgan fingerprint density at radius 2 is 1.55 bits per heavy atom. The molecule has 2 rings (SSSR count). The van der Waals surface area contributed by atoms with E-state index in [1.165, 1.54) is 5.56 Å². The van der Waals surface area contributed by atoms with Gasteiger partial charge in [0.1, 0.15) is 0 Å². The average Bonchev–Trinajstić information content (AvgIpc) is 2.72. The molecule has 0 aliphatic carbocycles. The smallest absolute Gasteiger partial charge is 0.172 e. The predicted molar refractivity (Wildman–Crippen MR) is 120 cm³/mol. The van der Waals surface area contributed by atoms with Gasteiger partial charge in [-0.1, -0.05) is 56.3 Å². The van der Waals surface area contributed by atoms with Crippen LogP contribution < -0.4 is 0 Å². The molecule has 4 heteroatoms. The van der Waals surface area contributed by atoms with Gasteiger partial charge in [0.05, 0.1) is 25.4 Å². The van der Waals surface area contributed by atoms with Gasteiger partial charge in [0.25, 0.3) is 0 Å². The lowest BCUT2D eigenvalue weighted by atomic mass is 9.73. The van der Waals surface area contributed by atoms with Crippen molar-refractivity contribution < 1.29 is 14.3 Å². The summed E-state index contributed by atoms with van der Waals surface area (Å²) in [4.78, 5) is 6.48. The maximum absolute atomic E-state index is 6.48. The fraction of sp³-hybridized carbons (Fsp3) is 0.600. The van der Waals surface area contributed by atoms with E-state index in [4.69, 9.17) is 14.3 Å². The number of hydroxylamine groups is 2. The number of nitrogens with zero attached hydrogens (tertiary/aromatic N) is 1. The normalized spacial score (nSPS) is 20.3. The van der Waals surface area contributed by atoms with Crippen molar-refractivity contribution in [3.05, 3.63) is 61.2 Å². The van der Waals surface area contributed by atoms with Crippen molar-refractivity contribution in [1.82, 2.24) is 5.06 Å². The summed E-state index contributed by atoms with van der Waals surface area (Å²) in [5, 5.41) is 2.25. The van der Waals surface area contributed by atoms with Crippen LogP contribution in [-0.2, 0) is 20.7 Å². The zero-order chi connectivity index (χ0) is 21.4. The third kappa shape index (κ3) is 5.79. The Hall–Kier alpha value is -1.46. The van der Waals surface area contributed by atoms with Crippen LogP contribution >= 0.6 is 0 Å². The second-order valence-electron chi connectivity index (χ2n) is 8.57. The van der Waals surface area contributed by atoms with Crippen molar-refractivity contribution in [3.63, 3.8) is 0 Å². The minimum Gasteiger partial charge on any atom is -0.346 e. The molecule has 0 radical (unpaired) electrons. The molecule has 1 aliphatic rings. The fourth-order valence-electron chi connectivity index (χ4n) is 4.67. The zero-order valence-electron chi connectivity index (χ0n) is 18.8. The molecule has 1 aromatic rings. The van der Waals surface area contributed by atoms with Crippen molar-refractivity contribution in [1.29, 1.82) is 0 Å². The first-order chi connectivity index (χ1) is 13.9. The molecule has 1 fully saturated rings. The van der Waals surface area contributed by atoms with Crippen LogP contribution in [0.5, 0.6) is 0 Å². The Morgan fingerprint density at radius 1 is 0.966 bits per heavy atom. The third-order valence-corrected chi connectivity index (χ3v) is 5.98. The van der Waals surface area contributed by atoms with Gasteiger partial charge in [-0.3, -0.25) is 4.84 Å². The topological polar surface area (TPSA) is 30.9 Å². The first-order valence-corrected chi connectivity index (χ1v) is 10.8. The summed E-state index contributed by atoms with van der Waals surface area (Å²) in [6, 6.07) is 10.5. The highest BCUT2D eigenvalue weighted by atomic mass is 16.7. The van der Waals surface area contributed by atoms with E-state index in [0.29, 0.717) is 19.8 Å². The molecule has 0 N–H and O–H groups in total. The van der Waals surface area contributed by atoms with Crippen LogP contribution in [-0.4, -0.2) is 41.7 Å². The summed E-state index contributed by atoms with van der Waals surface area (Å²) in [7, 11) is 0. The van der Waals surface area contributed by atoms with Gasteiger partial charge in [0.2, 0.25) is 0 Å². The molecule has 0 spiro atoms. The molecule has 0 amide bonds. The van der Waals surface area contributed by atoms with E-state index >= 15 is 0 Å². The molecule has 4 nitrogen and oxygen atoms in total. The standard InChI is InChI=1S/C25H39NO3/c1-7-17-27-25(28-18-8-2)20-23(5,6)26(24(9-3,10-4)21-25)29-19-16-22-14-12-11-13-15-22/h7-8,11-15H,1-2,9-10,16-21H2,3-6H3. The zero-order valence-corrected chi connectivity index (χ0v) is 18.8. The summed E-state index contributed by atoms with van der Waals surface area (Å²) in [5.74, 6) is -0.669. The molecular weight excluding hydrogens is 362 g/mol. The Balaban J connectivity index is 2.24. The Kier molecular flexibility index (Phi) is 8.65. The number of ether oxygens (including phenoxy) is 2. The van der Waals surface area contributed by atoms with Gasteiger partial charge in [-0.05, 0) is 38.7 Å². The lowest BCUT2D eigenvalue weighted by molar-refractivity contribution is -0.360. The van der Waals surface area contributed by atoms with Gasteiger partial charge in [0.15, 0.2) is 5.79 Å². The van der Waals surface area contributed by atoms with E-state index < -0.39 is 5.79 Å². The second kappa shape index (κ2) is 10.5. The first-order valence-electron chi connectivity index (χ1n) is 10.8. The van der Waals surface area contributed by atoms with Gasteiger partial charge in [-0.25, -0.2) is 0 Å². The van der Waals surface area contributed by atoms with E-state index in [1.54, 1.807) is 12.2 Å². The molecule has 1 aromatic carbocycles. The highest BCUT2D eigenvalue weighted by Crippen LogP contribution is 2.49. The van der Waals surface area contributed by atoms with Crippen molar-refractivity contribution >= 4 is 0 Å². The van der Waals surface area contributed by atoms with Crippen LogP contribution in [0.3, 0.4) is 0 Å². The van der Waals surface area contributed by atoms with Crippen LogP contribution in [0.4, 0.5) is 0 Å². The highest BCUT2D eigenvalue weighted by Gasteiger charge is 2.57. The summed E-state index contributed by atoms with van der Waals surface area (Å²) >= 11 is 0. The summed E-state index contributed by atoms with van der Waals surface area (Å²) < 4.78 is 12.5. The van der Waals surface area contributed by atoms with Gasteiger partial charge in [-0.15, -0.1) is 13.2 Å². The summed E-state index contributed by atoms with van der Waals surface area (Å²) in [5.41, 5.74) is 0.878. The van der Waals surface area contributed by atoms with E-state index in [-0.39, 0.29) is 11.1 Å². The molecule has 29 heavy (non-hydrogen) atoms. The predicted octanol–water partition coefficient (Wildman–Crippen LogP) is 5.70. The number of hydrogen-bond donors (Lipinski definition) is 0. The minimum absolute atomic E-state index is 0.166. The number of piperidine rings is 1. The lowest BCUT2D eigenvalue weighted by Crippen LogP contribution is -2.68. The number of rotatable bonds is 12. The van der Waals surface area contributed by atoms with E-state index in [9.17, 15) is 0 Å².